The summed E-state index contributed by atoms with van der Waals surface area (Å²) >= 11 is 0. The number of aromatic carboxylic acids is 1. The molecule has 0 aliphatic carbocycles. The van der Waals surface area contributed by atoms with Crippen LogP contribution in [0.2, 0.25) is 0 Å². The molecule has 2 aromatic carbocycles. The van der Waals surface area contributed by atoms with Crippen molar-refractivity contribution in [2.45, 2.75) is 0 Å². The van der Waals surface area contributed by atoms with E-state index in [4.69, 9.17) is 5.26 Å². The van der Waals surface area contributed by atoms with Gasteiger partial charge in [-0.15, -0.1) is 0 Å². The van der Waals surface area contributed by atoms with Gasteiger partial charge in [0.1, 0.15) is 5.82 Å². The average Bonchev–Trinajstić information content (AvgIpc) is 2.78. The van der Waals surface area contributed by atoms with Crippen LogP contribution in [0.3, 0.4) is 0 Å². The number of hydrogen-bond donors (Lipinski definition) is 2. The molecule has 0 radical (unpaired) electrons. The summed E-state index contributed by atoms with van der Waals surface area (Å²) in [5.41, 5.74) is 2.21. The topological polar surface area (TPSA) is 122 Å². The lowest BCUT2D eigenvalue weighted by Crippen LogP contribution is -2.50. The summed E-state index contributed by atoms with van der Waals surface area (Å²) in [6, 6.07) is 13.2. The van der Waals surface area contributed by atoms with Crippen LogP contribution in [0.25, 0.3) is 11.0 Å². The summed E-state index contributed by atoms with van der Waals surface area (Å²) in [4.78, 5) is 36.6. The maximum atomic E-state index is 12.6. The molecular formula is C21H18N6O3. The number of urea groups is 1. The van der Waals surface area contributed by atoms with Crippen LogP contribution in [0.5, 0.6) is 0 Å². The Balaban J connectivity index is 1.43. The molecule has 2 heterocycles. The number of para-hydroxylation sites is 1. The van der Waals surface area contributed by atoms with Gasteiger partial charge >= 0.3 is 12.0 Å². The minimum Gasteiger partial charge on any atom is -0.478 e. The Morgan fingerprint density at radius 1 is 1.07 bits per heavy atom. The average molecular weight is 402 g/mol. The zero-order valence-corrected chi connectivity index (χ0v) is 15.9. The Hall–Kier alpha value is -4.19. The number of carbonyl (C=O) groups excluding carboxylic acids is 1. The molecule has 0 spiro atoms. The highest BCUT2D eigenvalue weighted by atomic mass is 16.4. The Morgan fingerprint density at radius 3 is 2.57 bits per heavy atom. The number of nitrogens with zero attached hydrogens (tertiary/aromatic N) is 5. The van der Waals surface area contributed by atoms with E-state index in [1.165, 1.54) is 6.07 Å². The van der Waals surface area contributed by atoms with E-state index in [0.717, 1.165) is 0 Å². The predicted molar refractivity (Wildman–Crippen MR) is 110 cm³/mol. The largest absolute Gasteiger partial charge is 0.478 e. The van der Waals surface area contributed by atoms with Crippen LogP contribution in [0.15, 0.2) is 48.7 Å². The Morgan fingerprint density at radius 2 is 1.83 bits per heavy atom. The fourth-order valence-corrected chi connectivity index (χ4v) is 3.34. The molecule has 1 aromatic heterocycles. The molecule has 30 heavy (non-hydrogen) atoms. The molecular weight excluding hydrogens is 384 g/mol. The van der Waals surface area contributed by atoms with E-state index in [1.807, 2.05) is 4.90 Å². The fraction of sp³-hybridized carbons (Fsp3) is 0.190. The number of benzene rings is 2. The van der Waals surface area contributed by atoms with Crippen molar-refractivity contribution in [3.63, 3.8) is 0 Å². The molecule has 150 valence electrons. The fourth-order valence-electron chi connectivity index (χ4n) is 3.34. The van der Waals surface area contributed by atoms with Gasteiger partial charge in [-0.2, -0.15) is 5.26 Å². The van der Waals surface area contributed by atoms with E-state index in [9.17, 15) is 14.7 Å². The first-order valence-corrected chi connectivity index (χ1v) is 9.35. The number of carbonyl (C=O) groups is 2. The van der Waals surface area contributed by atoms with Crippen LogP contribution in [0, 0.1) is 11.3 Å². The second-order valence-electron chi connectivity index (χ2n) is 6.80. The van der Waals surface area contributed by atoms with Crippen LogP contribution >= 0.6 is 0 Å². The van der Waals surface area contributed by atoms with Gasteiger partial charge in [-0.3, -0.25) is 4.98 Å². The lowest BCUT2D eigenvalue weighted by Gasteiger charge is -2.35. The van der Waals surface area contributed by atoms with Crippen LogP contribution in [-0.4, -0.2) is 58.2 Å². The van der Waals surface area contributed by atoms with Crippen LogP contribution in [-0.2, 0) is 0 Å². The van der Waals surface area contributed by atoms with Crippen molar-refractivity contribution in [3.8, 4) is 6.07 Å². The molecule has 0 saturated carbocycles. The van der Waals surface area contributed by atoms with E-state index >= 15 is 0 Å². The van der Waals surface area contributed by atoms with Gasteiger partial charge in [0, 0.05) is 26.2 Å². The first kappa shape index (κ1) is 19.1. The van der Waals surface area contributed by atoms with Crippen LogP contribution < -0.4 is 10.2 Å². The Labute approximate surface area is 172 Å². The smallest absolute Gasteiger partial charge is 0.337 e. The highest BCUT2D eigenvalue weighted by molar-refractivity contribution is 6.00. The predicted octanol–water partition coefficient (Wildman–Crippen LogP) is 2.55. The number of rotatable bonds is 3. The summed E-state index contributed by atoms with van der Waals surface area (Å²) in [7, 11) is 0. The molecule has 0 unspecified atom stereocenters. The van der Waals surface area contributed by atoms with Crippen molar-refractivity contribution in [1.82, 2.24) is 14.9 Å². The molecule has 1 fully saturated rings. The van der Waals surface area contributed by atoms with Crippen molar-refractivity contribution < 1.29 is 14.7 Å². The van der Waals surface area contributed by atoms with Crippen molar-refractivity contribution in [3.05, 3.63) is 59.8 Å². The quantitative estimate of drug-likeness (QED) is 0.690. The first-order valence-electron chi connectivity index (χ1n) is 9.35. The van der Waals surface area contributed by atoms with Crippen molar-refractivity contribution in [1.29, 1.82) is 5.26 Å². The van der Waals surface area contributed by atoms with Gasteiger partial charge in [-0.1, -0.05) is 12.1 Å². The summed E-state index contributed by atoms with van der Waals surface area (Å²) in [6.07, 6.45) is 1.69. The highest BCUT2D eigenvalue weighted by Gasteiger charge is 2.23. The van der Waals surface area contributed by atoms with Crippen molar-refractivity contribution in [2.24, 2.45) is 0 Å². The van der Waals surface area contributed by atoms with Crippen molar-refractivity contribution in [2.75, 3.05) is 36.4 Å². The number of nitriles is 1. The minimum absolute atomic E-state index is 0.0488. The number of fused-ring (bicyclic) bond motifs is 1. The third-order valence-corrected chi connectivity index (χ3v) is 4.95. The van der Waals surface area contributed by atoms with Gasteiger partial charge < -0.3 is 20.2 Å². The third-order valence-electron chi connectivity index (χ3n) is 4.95. The van der Waals surface area contributed by atoms with Gasteiger partial charge in [0.2, 0.25) is 0 Å². The molecule has 0 atom stereocenters. The third kappa shape index (κ3) is 3.84. The highest BCUT2D eigenvalue weighted by Crippen LogP contribution is 2.19. The first-order chi connectivity index (χ1) is 14.5. The zero-order chi connectivity index (χ0) is 21.1. The van der Waals surface area contributed by atoms with Gasteiger partial charge in [0.25, 0.3) is 0 Å². The van der Waals surface area contributed by atoms with Gasteiger partial charge in [-0.05, 0) is 30.3 Å². The van der Waals surface area contributed by atoms with Crippen LogP contribution in [0.1, 0.15) is 15.9 Å². The molecule has 2 N–H and O–H groups in total. The minimum atomic E-state index is -1.09. The monoisotopic (exact) mass is 402 g/mol. The van der Waals surface area contributed by atoms with Gasteiger partial charge in [-0.25, -0.2) is 14.6 Å². The number of hydrogen-bond acceptors (Lipinski definition) is 6. The molecule has 4 rings (SSSR count). The van der Waals surface area contributed by atoms with E-state index < -0.39 is 5.97 Å². The summed E-state index contributed by atoms with van der Waals surface area (Å²) in [6.45, 7) is 2.04. The number of anilines is 2. The zero-order valence-electron chi connectivity index (χ0n) is 15.9. The number of piperazine rings is 1. The second kappa shape index (κ2) is 8.05. The number of aromatic nitrogens is 2. The lowest BCUT2D eigenvalue weighted by molar-refractivity contribution is 0.0698. The Kier molecular flexibility index (Phi) is 5.13. The molecule has 1 saturated heterocycles. The molecule has 0 bridgehead atoms. The molecule has 3 aromatic rings. The molecule has 1 aliphatic rings. The standard InChI is InChI=1S/C21H18N6O3/c22-12-14-5-6-17-18(11-14)24-19(13-23-17)26-7-9-27(10-8-26)21(30)25-16-4-2-1-3-15(16)20(28)29/h1-6,11,13H,7-10H2,(H,25,30)(H,28,29). The summed E-state index contributed by atoms with van der Waals surface area (Å²) < 4.78 is 0. The normalized spacial score (nSPS) is 13.7. The van der Waals surface area contributed by atoms with E-state index in [2.05, 4.69) is 21.4 Å². The summed E-state index contributed by atoms with van der Waals surface area (Å²) in [5.74, 6) is -0.404. The maximum Gasteiger partial charge on any atom is 0.337 e. The second-order valence-corrected chi connectivity index (χ2v) is 6.80. The number of carboxylic acids is 1. The van der Waals surface area contributed by atoms with Crippen LogP contribution in [0.4, 0.5) is 16.3 Å². The SMILES string of the molecule is N#Cc1ccc2ncc(N3CCN(C(=O)Nc4ccccc4C(=O)O)CC3)nc2c1. The van der Waals surface area contributed by atoms with Crippen molar-refractivity contribution >= 4 is 34.5 Å². The molecule has 2 amide bonds. The number of amides is 2. The van der Waals surface area contributed by atoms with Gasteiger partial charge in [0.15, 0.2) is 0 Å². The molecule has 9 heteroatoms. The molecule has 9 nitrogen and oxygen atoms in total. The van der Waals surface area contributed by atoms with Gasteiger partial charge in [0.05, 0.1) is 40.1 Å². The van der Waals surface area contributed by atoms with E-state index in [0.29, 0.717) is 48.6 Å². The van der Waals surface area contributed by atoms with E-state index in [-0.39, 0.29) is 17.3 Å². The van der Waals surface area contributed by atoms with E-state index in [1.54, 1.807) is 47.5 Å². The maximum absolute atomic E-state index is 12.6. The Bertz CT molecular complexity index is 1160. The number of nitrogens with one attached hydrogen (secondary N) is 1. The number of carboxylic acid groups (broad SMARTS) is 1. The lowest BCUT2D eigenvalue weighted by atomic mass is 10.2. The summed E-state index contributed by atoms with van der Waals surface area (Å²) in [5, 5.41) is 21.0. The molecule has 1 aliphatic heterocycles.